The van der Waals surface area contributed by atoms with Gasteiger partial charge in [-0.25, -0.2) is 4.39 Å². The summed E-state index contributed by atoms with van der Waals surface area (Å²) in [6.07, 6.45) is 2.40. The van der Waals surface area contributed by atoms with E-state index in [1.807, 2.05) is 16.8 Å². The van der Waals surface area contributed by atoms with Gasteiger partial charge in [0.2, 0.25) is 0 Å². The molecule has 88 valence electrons. The SMILES string of the molecule is C[C@H](O)Cn1ccc2c1-c1ccc(F)cc1C2. The summed E-state index contributed by atoms with van der Waals surface area (Å²) in [6, 6.07) is 6.97. The molecular formula is C14H14FNO. The maximum atomic E-state index is 13.2. The average Bonchev–Trinajstić information content (AvgIpc) is 2.77. The molecule has 0 unspecified atom stereocenters. The van der Waals surface area contributed by atoms with Crippen molar-refractivity contribution in [2.24, 2.45) is 0 Å². The summed E-state index contributed by atoms with van der Waals surface area (Å²) in [7, 11) is 0. The van der Waals surface area contributed by atoms with E-state index >= 15 is 0 Å². The van der Waals surface area contributed by atoms with Crippen LogP contribution in [-0.2, 0) is 13.0 Å². The molecule has 1 atom stereocenters. The maximum absolute atomic E-state index is 13.2. The van der Waals surface area contributed by atoms with Gasteiger partial charge in [-0.15, -0.1) is 0 Å². The van der Waals surface area contributed by atoms with Gasteiger partial charge in [0.1, 0.15) is 5.82 Å². The predicted octanol–water partition coefficient (Wildman–Crippen LogP) is 2.58. The van der Waals surface area contributed by atoms with Crippen LogP contribution in [-0.4, -0.2) is 15.8 Å². The fraction of sp³-hybridized carbons (Fsp3) is 0.286. The Balaban J connectivity index is 2.10. The number of nitrogens with zero attached hydrogens (tertiary/aromatic N) is 1. The summed E-state index contributed by atoms with van der Waals surface area (Å²) in [6.45, 7) is 2.35. The molecule has 1 aromatic heterocycles. The van der Waals surface area contributed by atoms with Gasteiger partial charge in [-0.1, -0.05) is 0 Å². The molecule has 1 aliphatic carbocycles. The van der Waals surface area contributed by atoms with Gasteiger partial charge in [-0.2, -0.15) is 0 Å². The van der Waals surface area contributed by atoms with Crippen LogP contribution in [0.4, 0.5) is 4.39 Å². The fourth-order valence-corrected chi connectivity index (χ4v) is 2.57. The second-order valence-electron chi connectivity index (χ2n) is 4.67. The van der Waals surface area contributed by atoms with Crippen LogP contribution in [0.25, 0.3) is 11.3 Å². The number of aromatic nitrogens is 1. The van der Waals surface area contributed by atoms with Gasteiger partial charge in [0.15, 0.2) is 0 Å². The molecule has 3 heteroatoms. The Bertz CT molecular complexity index is 572. The van der Waals surface area contributed by atoms with Crippen LogP contribution in [0.5, 0.6) is 0 Å². The third kappa shape index (κ3) is 1.67. The van der Waals surface area contributed by atoms with Gasteiger partial charge in [0.05, 0.1) is 11.8 Å². The molecule has 2 aromatic rings. The second-order valence-corrected chi connectivity index (χ2v) is 4.67. The van der Waals surface area contributed by atoms with E-state index in [1.165, 1.54) is 11.6 Å². The van der Waals surface area contributed by atoms with Crippen molar-refractivity contribution in [2.75, 3.05) is 0 Å². The first-order valence-electron chi connectivity index (χ1n) is 5.80. The Hall–Kier alpha value is -1.61. The number of fused-ring (bicyclic) bond motifs is 3. The van der Waals surface area contributed by atoms with E-state index in [-0.39, 0.29) is 11.9 Å². The molecule has 2 nitrogen and oxygen atoms in total. The Kier molecular flexibility index (Phi) is 2.30. The van der Waals surface area contributed by atoms with E-state index in [0.717, 1.165) is 23.2 Å². The summed E-state index contributed by atoms with van der Waals surface area (Å²) >= 11 is 0. The van der Waals surface area contributed by atoms with Crippen LogP contribution in [0.1, 0.15) is 18.1 Å². The Morgan fingerprint density at radius 2 is 2.18 bits per heavy atom. The van der Waals surface area contributed by atoms with E-state index in [9.17, 15) is 9.50 Å². The minimum absolute atomic E-state index is 0.184. The number of benzene rings is 1. The van der Waals surface area contributed by atoms with Crippen molar-refractivity contribution in [3.8, 4) is 11.3 Å². The number of hydrogen-bond donors (Lipinski definition) is 1. The van der Waals surface area contributed by atoms with Gasteiger partial charge in [0.25, 0.3) is 0 Å². The van der Waals surface area contributed by atoms with Crippen molar-refractivity contribution in [3.05, 3.63) is 47.4 Å². The summed E-state index contributed by atoms with van der Waals surface area (Å²) in [4.78, 5) is 0. The molecule has 0 radical (unpaired) electrons. The largest absolute Gasteiger partial charge is 0.392 e. The van der Waals surface area contributed by atoms with Crippen LogP contribution in [0, 0.1) is 5.82 Å². The Morgan fingerprint density at radius 1 is 1.35 bits per heavy atom. The highest BCUT2D eigenvalue weighted by Gasteiger charge is 2.22. The monoisotopic (exact) mass is 231 g/mol. The summed E-state index contributed by atoms with van der Waals surface area (Å²) < 4.78 is 15.2. The van der Waals surface area contributed by atoms with Gasteiger partial charge >= 0.3 is 0 Å². The molecule has 0 saturated carbocycles. The highest BCUT2D eigenvalue weighted by atomic mass is 19.1. The third-order valence-electron chi connectivity index (χ3n) is 3.21. The molecule has 17 heavy (non-hydrogen) atoms. The van der Waals surface area contributed by atoms with E-state index in [2.05, 4.69) is 6.07 Å². The van der Waals surface area contributed by atoms with Gasteiger partial charge in [-0.05, 0) is 42.3 Å². The van der Waals surface area contributed by atoms with E-state index < -0.39 is 0 Å². The summed E-state index contributed by atoms with van der Waals surface area (Å²) in [5.74, 6) is -0.184. The molecule has 0 bridgehead atoms. The lowest BCUT2D eigenvalue weighted by atomic mass is 10.1. The molecule has 0 aliphatic heterocycles. The second kappa shape index (κ2) is 3.70. The first kappa shape index (κ1) is 10.5. The van der Waals surface area contributed by atoms with Gasteiger partial charge < -0.3 is 9.67 Å². The van der Waals surface area contributed by atoms with Crippen LogP contribution < -0.4 is 0 Å². The molecule has 0 saturated heterocycles. The van der Waals surface area contributed by atoms with Gasteiger partial charge in [-0.3, -0.25) is 0 Å². The first-order chi connectivity index (χ1) is 8.15. The lowest BCUT2D eigenvalue weighted by Gasteiger charge is -2.10. The highest BCUT2D eigenvalue weighted by Crippen LogP contribution is 2.37. The standard InChI is InChI=1S/C14H14FNO/c1-9(17)8-16-5-4-10-6-11-7-12(15)2-3-13(11)14(10)16/h2-5,7,9,17H,6,8H2,1H3/t9-/m0/s1. The van der Waals surface area contributed by atoms with E-state index in [0.29, 0.717) is 6.54 Å². The molecule has 3 rings (SSSR count). The van der Waals surface area contributed by atoms with Crippen LogP contribution >= 0.6 is 0 Å². The zero-order chi connectivity index (χ0) is 12.0. The number of rotatable bonds is 2. The lowest BCUT2D eigenvalue weighted by Crippen LogP contribution is -2.11. The van der Waals surface area contributed by atoms with Crippen LogP contribution in [0.3, 0.4) is 0 Å². The van der Waals surface area contributed by atoms with Crippen LogP contribution in [0.2, 0.25) is 0 Å². The number of aliphatic hydroxyl groups is 1. The quantitative estimate of drug-likeness (QED) is 0.720. The zero-order valence-corrected chi connectivity index (χ0v) is 9.65. The lowest BCUT2D eigenvalue weighted by molar-refractivity contribution is 0.174. The maximum Gasteiger partial charge on any atom is 0.123 e. The Morgan fingerprint density at radius 3 is 2.94 bits per heavy atom. The molecule has 0 fully saturated rings. The van der Waals surface area contributed by atoms with Crippen molar-refractivity contribution >= 4 is 0 Å². The van der Waals surface area contributed by atoms with Crippen molar-refractivity contribution < 1.29 is 9.50 Å². The molecule has 1 N–H and O–H groups in total. The van der Waals surface area contributed by atoms with Crippen molar-refractivity contribution in [3.63, 3.8) is 0 Å². The Labute approximate surface area is 99.3 Å². The van der Waals surface area contributed by atoms with Crippen molar-refractivity contribution in [2.45, 2.75) is 26.0 Å². The molecule has 1 aliphatic rings. The fourth-order valence-electron chi connectivity index (χ4n) is 2.57. The van der Waals surface area contributed by atoms with E-state index in [4.69, 9.17) is 0 Å². The molecular weight excluding hydrogens is 217 g/mol. The minimum atomic E-state index is -0.379. The summed E-state index contributed by atoms with van der Waals surface area (Å²) in [5.41, 5.74) is 4.47. The van der Waals surface area contributed by atoms with Crippen molar-refractivity contribution in [1.82, 2.24) is 4.57 Å². The predicted molar refractivity (Wildman–Crippen MR) is 64.3 cm³/mol. The molecule has 1 aromatic carbocycles. The number of halogens is 1. The molecule has 0 spiro atoms. The van der Waals surface area contributed by atoms with Gasteiger partial charge in [0, 0.05) is 24.7 Å². The highest BCUT2D eigenvalue weighted by molar-refractivity contribution is 5.74. The molecule has 1 heterocycles. The zero-order valence-electron chi connectivity index (χ0n) is 9.65. The number of hydrogen-bond acceptors (Lipinski definition) is 1. The molecule has 0 amide bonds. The topological polar surface area (TPSA) is 25.2 Å². The normalized spacial score (nSPS) is 14.5. The minimum Gasteiger partial charge on any atom is -0.392 e. The first-order valence-corrected chi connectivity index (χ1v) is 5.80. The average molecular weight is 231 g/mol. The van der Waals surface area contributed by atoms with Crippen LogP contribution in [0.15, 0.2) is 30.5 Å². The third-order valence-corrected chi connectivity index (χ3v) is 3.21. The summed E-state index contributed by atoms with van der Waals surface area (Å²) in [5, 5.41) is 9.47. The van der Waals surface area contributed by atoms with Crippen molar-refractivity contribution in [1.29, 1.82) is 0 Å². The number of aliphatic hydroxyl groups excluding tert-OH is 1. The van der Waals surface area contributed by atoms with E-state index in [1.54, 1.807) is 13.0 Å². The smallest absolute Gasteiger partial charge is 0.123 e.